The number of nitrogens with zero attached hydrogens (tertiary/aromatic N) is 2. The van der Waals surface area contributed by atoms with E-state index in [0.29, 0.717) is 29.1 Å². The summed E-state index contributed by atoms with van der Waals surface area (Å²) in [5.41, 5.74) is 11.4. The molecule has 0 amide bonds. The molecule has 0 radical (unpaired) electrons. The van der Waals surface area contributed by atoms with E-state index in [1.165, 1.54) is 0 Å². The van der Waals surface area contributed by atoms with Crippen LogP contribution in [0.2, 0.25) is 0 Å². The summed E-state index contributed by atoms with van der Waals surface area (Å²) in [6.45, 7) is 6.36. The number of hydrogen-bond acceptors (Lipinski definition) is 6. The maximum absolute atomic E-state index is 13.2. The quantitative estimate of drug-likeness (QED) is 0.232. The molecule has 0 aliphatic carbocycles. The molecule has 2 aliphatic heterocycles. The molecule has 1 unspecified atom stereocenters. The molecule has 6 rings (SSSR count). The number of esters is 1. The van der Waals surface area contributed by atoms with Crippen molar-refractivity contribution in [2.45, 2.75) is 46.4 Å². The molecule has 1 atom stereocenters. The Morgan fingerprint density at radius 1 is 1.15 bits per heavy atom. The van der Waals surface area contributed by atoms with Gasteiger partial charge in [0.2, 0.25) is 0 Å². The van der Waals surface area contributed by atoms with Gasteiger partial charge in [-0.2, -0.15) is 0 Å². The molecule has 2 aromatic carbocycles. The van der Waals surface area contributed by atoms with Crippen LogP contribution in [0.25, 0.3) is 33.1 Å². The highest BCUT2D eigenvalue weighted by Crippen LogP contribution is 2.40. The van der Waals surface area contributed by atoms with Gasteiger partial charge in [-0.25, -0.2) is 9.78 Å². The smallest absolute Gasteiger partial charge is 0.340 e. The molecule has 0 saturated carbocycles. The molecule has 2 aromatic heterocycles. The zero-order valence-corrected chi connectivity index (χ0v) is 18.8. The molecular weight excluding hydrogens is 418 g/mol. The largest absolute Gasteiger partial charge is 0.458 e. The molecule has 3 N–H and O–H groups in total. The number of aryl methyl sites for hydroxylation is 1. The number of nitrogen functional groups attached to an aromatic ring is 1. The Morgan fingerprint density at radius 2 is 1.91 bits per heavy atom. The fourth-order valence-electron chi connectivity index (χ4n) is 4.95. The monoisotopic (exact) mass is 443 g/mol. The Kier molecular flexibility index (Phi) is 4.94. The zero-order chi connectivity index (χ0) is 23.4. The standard InChI is InChI=1S/C24H19N3O4.C2H6/c1-2-13-16-9-27-19(8-15-17(23(27)29)10-31-24(30)22(15)28)21(16)26-18-6-4-11-3-5-12(25)7-14(11)20(13)18;1-2/h3-8,22,28H,2,9-10,25H2,1H3;1-2H3. The first kappa shape index (κ1) is 21.2. The van der Waals surface area contributed by atoms with Gasteiger partial charge in [-0.1, -0.05) is 32.9 Å². The normalized spacial score (nSPS) is 16.0. The summed E-state index contributed by atoms with van der Waals surface area (Å²) in [5.74, 6) is -0.736. The summed E-state index contributed by atoms with van der Waals surface area (Å²) in [4.78, 5) is 29.9. The van der Waals surface area contributed by atoms with Crippen molar-refractivity contribution >= 4 is 33.3 Å². The van der Waals surface area contributed by atoms with E-state index < -0.39 is 12.1 Å². The lowest BCUT2D eigenvalue weighted by molar-refractivity contribution is -0.157. The number of cyclic esters (lactones) is 1. The van der Waals surface area contributed by atoms with E-state index in [-0.39, 0.29) is 12.2 Å². The van der Waals surface area contributed by atoms with Gasteiger partial charge in [0.1, 0.15) is 6.61 Å². The van der Waals surface area contributed by atoms with Crippen LogP contribution < -0.4 is 11.3 Å². The number of aliphatic hydroxyl groups excluding tert-OH is 1. The van der Waals surface area contributed by atoms with E-state index in [4.69, 9.17) is 15.5 Å². The average molecular weight is 444 g/mol. The topological polar surface area (TPSA) is 107 Å². The van der Waals surface area contributed by atoms with Gasteiger partial charge in [-0.15, -0.1) is 0 Å². The summed E-state index contributed by atoms with van der Waals surface area (Å²) in [6, 6.07) is 11.6. The molecule has 7 heteroatoms. The van der Waals surface area contributed by atoms with Crippen molar-refractivity contribution < 1.29 is 14.6 Å². The number of carbonyl (C=O) groups excluding carboxylic acids is 1. The van der Waals surface area contributed by atoms with Crippen LogP contribution in [0.5, 0.6) is 0 Å². The van der Waals surface area contributed by atoms with Crippen molar-refractivity contribution in [3.05, 3.63) is 69.0 Å². The number of aliphatic hydroxyl groups is 1. The number of ether oxygens (including phenoxy) is 1. The number of anilines is 1. The van der Waals surface area contributed by atoms with Gasteiger partial charge in [0.15, 0.2) is 6.10 Å². The minimum atomic E-state index is -1.45. The Morgan fingerprint density at radius 3 is 2.67 bits per heavy atom. The lowest BCUT2D eigenvalue weighted by Crippen LogP contribution is -2.32. The summed E-state index contributed by atoms with van der Waals surface area (Å²) in [5, 5.41) is 13.5. The molecule has 4 heterocycles. The van der Waals surface area contributed by atoms with Gasteiger partial charge >= 0.3 is 5.97 Å². The maximum Gasteiger partial charge on any atom is 0.340 e. The summed E-state index contributed by atoms with van der Waals surface area (Å²) < 4.78 is 6.64. The molecule has 33 heavy (non-hydrogen) atoms. The number of rotatable bonds is 1. The van der Waals surface area contributed by atoms with E-state index in [1.54, 1.807) is 10.6 Å². The Bertz CT molecular complexity index is 1520. The van der Waals surface area contributed by atoms with Gasteiger partial charge in [0.25, 0.3) is 5.56 Å². The van der Waals surface area contributed by atoms with Gasteiger partial charge in [-0.05, 0) is 47.0 Å². The van der Waals surface area contributed by atoms with Crippen molar-refractivity contribution in [1.29, 1.82) is 0 Å². The number of pyridine rings is 2. The lowest BCUT2D eigenvalue weighted by atomic mass is 9.94. The Balaban J connectivity index is 0.00000111. The minimum absolute atomic E-state index is 0.124. The van der Waals surface area contributed by atoms with Crippen molar-refractivity contribution in [2.75, 3.05) is 5.73 Å². The van der Waals surface area contributed by atoms with Crippen LogP contribution in [0, 0.1) is 0 Å². The van der Waals surface area contributed by atoms with Crippen molar-refractivity contribution in [3.8, 4) is 11.4 Å². The minimum Gasteiger partial charge on any atom is -0.458 e. The van der Waals surface area contributed by atoms with E-state index >= 15 is 0 Å². The molecule has 4 aromatic rings. The average Bonchev–Trinajstić information content (AvgIpc) is 3.20. The van der Waals surface area contributed by atoms with E-state index in [0.717, 1.165) is 44.9 Å². The van der Waals surface area contributed by atoms with Crippen LogP contribution in [-0.4, -0.2) is 20.6 Å². The number of hydrogen-bond donors (Lipinski definition) is 2. The molecule has 168 valence electrons. The van der Waals surface area contributed by atoms with Gasteiger partial charge < -0.3 is 20.1 Å². The summed E-state index contributed by atoms with van der Waals surface area (Å²) in [7, 11) is 0. The van der Waals surface area contributed by atoms with Crippen molar-refractivity contribution in [2.24, 2.45) is 0 Å². The summed E-state index contributed by atoms with van der Waals surface area (Å²) in [6.07, 6.45) is -0.688. The SMILES string of the molecule is CC.CCc1c2c(nc3ccc4ccc(N)cc4c13)-c1cc3c(c(=O)n1C2)COC(=O)C3O. The van der Waals surface area contributed by atoms with Gasteiger partial charge in [-0.3, -0.25) is 4.79 Å². The predicted molar refractivity (Wildman–Crippen MR) is 128 cm³/mol. The first-order valence-electron chi connectivity index (χ1n) is 11.2. The van der Waals surface area contributed by atoms with Crippen LogP contribution in [0.15, 0.2) is 41.2 Å². The molecule has 2 aliphatic rings. The third kappa shape index (κ3) is 2.96. The number of benzene rings is 2. The molecule has 7 nitrogen and oxygen atoms in total. The zero-order valence-electron chi connectivity index (χ0n) is 18.8. The number of carbonyl (C=O) groups is 1. The second-order valence-electron chi connectivity index (χ2n) is 8.08. The fourth-order valence-corrected chi connectivity index (χ4v) is 4.95. The van der Waals surface area contributed by atoms with E-state index in [2.05, 4.69) is 6.92 Å². The lowest BCUT2D eigenvalue weighted by Gasteiger charge is -2.21. The predicted octanol–water partition coefficient (Wildman–Crippen LogP) is 3.84. The van der Waals surface area contributed by atoms with Gasteiger partial charge in [0, 0.05) is 22.2 Å². The van der Waals surface area contributed by atoms with Crippen LogP contribution >= 0.6 is 0 Å². The van der Waals surface area contributed by atoms with Crippen molar-refractivity contribution in [1.82, 2.24) is 9.55 Å². The molecular formula is C26H25N3O4. The molecule has 0 saturated heterocycles. The van der Waals surface area contributed by atoms with E-state index in [9.17, 15) is 14.7 Å². The Hall–Kier alpha value is -3.71. The highest BCUT2D eigenvalue weighted by molar-refractivity contribution is 6.10. The molecule has 0 bridgehead atoms. The van der Waals surface area contributed by atoms with Crippen LogP contribution in [-0.2, 0) is 29.1 Å². The van der Waals surface area contributed by atoms with Gasteiger partial charge in [0.05, 0.1) is 29.0 Å². The number of fused-ring (bicyclic) bond motifs is 7. The second-order valence-corrected chi connectivity index (χ2v) is 8.08. The first-order chi connectivity index (χ1) is 16.0. The van der Waals surface area contributed by atoms with Crippen molar-refractivity contribution in [3.63, 3.8) is 0 Å². The third-order valence-corrected chi connectivity index (χ3v) is 6.43. The van der Waals surface area contributed by atoms with Crippen LogP contribution in [0.4, 0.5) is 5.69 Å². The third-order valence-electron chi connectivity index (χ3n) is 6.43. The fraction of sp³-hybridized carbons (Fsp3) is 0.269. The highest BCUT2D eigenvalue weighted by atomic mass is 16.5. The van der Waals surface area contributed by atoms with Crippen LogP contribution in [0.1, 0.15) is 49.1 Å². The summed E-state index contributed by atoms with van der Waals surface area (Å²) >= 11 is 0. The number of aromatic nitrogens is 2. The van der Waals surface area contributed by atoms with E-state index in [1.807, 2.05) is 44.2 Å². The maximum atomic E-state index is 13.2. The van der Waals surface area contributed by atoms with Crippen LogP contribution in [0.3, 0.4) is 0 Å². The first-order valence-corrected chi connectivity index (χ1v) is 11.2. The molecule has 0 fully saturated rings. The highest BCUT2D eigenvalue weighted by Gasteiger charge is 2.34. The number of nitrogens with two attached hydrogens (primary N) is 1. The second kappa shape index (κ2) is 7.71. The molecule has 0 spiro atoms. The Labute approximate surface area is 190 Å².